The minimum absolute atomic E-state index is 0.154. The first-order valence-corrected chi connectivity index (χ1v) is 10.5. The van der Waals surface area contributed by atoms with Crippen molar-refractivity contribution in [3.8, 4) is 5.75 Å². The topological polar surface area (TPSA) is 102 Å². The summed E-state index contributed by atoms with van der Waals surface area (Å²) in [6, 6.07) is 12.6. The average molecular weight is 418 g/mol. The predicted octanol–water partition coefficient (Wildman–Crippen LogP) is 1.93. The number of benzene rings is 2. The van der Waals surface area contributed by atoms with Crippen LogP contribution >= 0.6 is 0 Å². The van der Waals surface area contributed by atoms with Crippen molar-refractivity contribution < 1.29 is 27.5 Å². The molecule has 1 amide bonds. The number of para-hydroxylation sites is 1. The number of amides is 1. The number of morpholine rings is 1. The molecule has 1 saturated heterocycles. The van der Waals surface area contributed by atoms with Crippen LogP contribution in [0, 0.1) is 0 Å². The van der Waals surface area contributed by atoms with E-state index in [1.807, 2.05) is 0 Å². The molecular weight excluding hydrogens is 396 g/mol. The SMILES string of the molecule is CC(=O)c1ccccc1NC(=O)COc1ccc(S(=O)(=O)N2CCOCC2)cc1. The molecule has 1 aliphatic heterocycles. The first kappa shape index (κ1) is 21.0. The van der Waals surface area contributed by atoms with Gasteiger partial charge in [-0.2, -0.15) is 4.31 Å². The number of ether oxygens (including phenoxy) is 2. The van der Waals surface area contributed by atoms with Crippen LogP contribution in [0.4, 0.5) is 5.69 Å². The summed E-state index contributed by atoms with van der Waals surface area (Å²) in [6.07, 6.45) is 0. The highest BCUT2D eigenvalue weighted by molar-refractivity contribution is 7.89. The van der Waals surface area contributed by atoms with Crippen LogP contribution in [0.25, 0.3) is 0 Å². The molecule has 3 rings (SSSR count). The van der Waals surface area contributed by atoms with Crippen molar-refractivity contribution in [1.29, 1.82) is 0 Å². The molecule has 0 aromatic heterocycles. The molecule has 2 aromatic carbocycles. The standard InChI is InChI=1S/C20H22N2O6S/c1-15(23)18-4-2-3-5-19(18)21-20(24)14-28-16-6-8-17(9-7-16)29(25,26)22-10-12-27-13-11-22/h2-9H,10-14H2,1H3,(H,21,24). The zero-order chi connectivity index (χ0) is 20.9. The largest absolute Gasteiger partial charge is 0.484 e. The van der Waals surface area contributed by atoms with Crippen LogP contribution in [-0.2, 0) is 19.6 Å². The van der Waals surface area contributed by atoms with Gasteiger partial charge in [0.15, 0.2) is 12.4 Å². The van der Waals surface area contributed by atoms with Crippen LogP contribution in [0.15, 0.2) is 53.4 Å². The fraction of sp³-hybridized carbons (Fsp3) is 0.300. The first-order valence-electron chi connectivity index (χ1n) is 9.08. The number of carbonyl (C=O) groups is 2. The van der Waals surface area contributed by atoms with Gasteiger partial charge in [-0.15, -0.1) is 0 Å². The number of anilines is 1. The molecule has 9 heteroatoms. The van der Waals surface area contributed by atoms with Gasteiger partial charge in [-0.25, -0.2) is 8.42 Å². The molecular formula is C20H22N2O6S. The molecule has 29 heavy (non-hydrogen) atoms. The summed E-state index contributed by atoms with van der Waals surface area (Å²) < 4.78 is 37.2. The maximum atomic E-state index is 12.6. The number of hydrogen-bond acceptors (Lipinski definition) is 6. The van der Waals surface area contributed by atoms with E-state index >= 15 is 0 Å². The van der Waals surface area contributed by atoms with E-state index in [0.717, 1.165) is 0 Å². The Morgan fingerprint density at radius 3 is 2.38 bits per heavy atom. The molecule has 2 aromatic rings. The fourth-order valence-corrected chi connectivity index (χ4v) is 4.29. The third kappa shape index (κ3) is 5.20. The monoisotopic (exact) mass is 418 g/mol. The van der Waals surface area contributed by atoms with Gasteiger partial charge in [-0.05, 0) is 43.3 Å². The van der Waals surface area contributed by atoms with Crippen LogP contribution in [0.2, 0.25) is 0 Å². The summed E-state index contributed by atoms with van der Waals surface area (Å²) in [5, 5.41) is 2.64. The van der Waals surface area contributed by atoms with Gasteiger partial charge in [0.05, 0.1) is 23.8 Å². The highest BCUT2D eigenvalue weighted by Gasteiger charge is 2.26. The van der Waals surface area contributed by atoms with E-state index in [-0.39, 0.29) is 17.3 Å². The van der Waals surface area contributed by atoms with Gasteiger partial charge in [0.2, 0.25) is 10.0 Å². The van der Waals surface area contributed by atoms with Crippen molar-refractivity contribution >= 4 is 27.4 Å². The van der Waals surface area contributed by atoms with Crippen LogP contribution in [-0.4, -0.2) is 57.3 Å². The summed E-state index contributed by atoms with van der Waals surface area (Å²) in [5.41, 5.74) is 0.832. The van der Waals surface area contributed by atoms with E-state index in [0.29, 0.717) is 43.3 Å². The van der Waals surface area contributed by atoms with E-state index in [4.69, 9.17) is 9.47 Å². The maximum Gasteiger partial charge on any atom is 0.262 e. The van der Waals surface area contributed by atoms with Crippen molar-refractivity contribution in [1.82, 2.24) is 4.31 Å². The lowest BCUT2D eigenvalue weighted by Crippen LogP contribution is -2.40. The molecule has 0 aliphatic carbocycles. The molecule has 0 unspecified atom stereocenters. The molecule has 1 fully saturated rings. The van der Waals surface area contributed by atoms with Crippen molar-refractivity contribution in [3.63, 3.8) is 0 Å². The Hall–Kier alpha value is -2.75. The molecule has 1 N–H and O–H groups in total. The lowest BCUT2D eigenvalue weighted by molar-refractivity contribution is -0.118. The van der Waals surface area contributed by atoms with Crippen LogP contribution in [0.5, 0.6) is 5.75 Å². The summed E-state index contributed by atoms with van der Waals surface area (Å²) >= 11 is 0. The fourth-order valence-electron chi connectivity index (χ4n) is 2.88. The zero-order valence-electron chi connectivity index (χ0n) is 16.0. The summed E-state index contributed by atoms with van der Waals surface area (Å²) in [6.45, 7) is 2.55. The summed E-state index contributed by atoms with van der Waals surface area (Å²) in [5.74, 6) is -0.219. The Labute approximate surface area is 169 Å². The highest BCUT2D eigenvalue weighted by Crippen LogP contribution is 2.21. The second kappa shape index (κ2) is 9.17. The number of carbonyl (C=O) groups excluding carboxylic acids is 2. The van der Waals surface area contributed by atoms with Crippen LogP contribution < -0.4 is 10.1 Å². The number of ketones is 1. The van der Waals surface area contributed by atoms with Gasteiger partial charge in [0.25, 0.3) is 5.91 Å². The zero-order valence-corrected chi connectivity index (χ0v) is 16.8. The van der Waals surface area contributed by atoms with E-state index in [2.05, 4.69) is 5.32 Å². The van der Waals surface area contributed by atoms with Gasteiger partial charge in [0.1, 0.15) is 5.75 Å². The number of nitrogens with one attached hydrogen (secondary N) is 1. The molecule has 0 spiro atoms. The Bertz CT molecular complexity index is 982. The number of rotatable bonds is 7. The Morgan fingerprint density at radius 1 is 1.07 bits per heavy atom. The Kier molecular flexibility index (Phi) is 6.63. The van der Waals surface area contributed by atoms with Gasteiger partial charge in [0, 0.05) is 18.7 Å². The summed E-state index contributed by atoms with van der Waals surface area (Å²) in [7, 11) is -3.58. The molecule has 0 radical (unpaired) electrons. The van der Waals surface area contributed by atoms with Crippen molar-refractivity contribution in [2.75, 3.05) is 38.2 Å². The number of Topliss-reactive ketones (excluding diaryl/α,β-unsaturated/α-hetero) is 1. The maximum absolute atomic E-state index is 12.6. The third-order valence-corrected chi connectivity index (χ3v) is 6.29. The lowest BCUT2D eigenvalue weighted by Gasteiger charge is -2.26. The molecule has 0 bridgehead atoms. The quantitative estimate of drug-likeness (QED) is 0.690. The second-order valence-corrected chi connectivity index (χ2v) is 8.36. The number of sulfonamides is 1. The molecule has 1 heterocycles. The van der Waals surface area contributed by atoms with Crippen molar-refractivity contribution in [2.24, 2.45) is 0 Å². The number of nitrogens with zero attached hydrogens (tertiary/aromatic N) is 1. The minimum atomic E-state index is -3.58. The normalized spacial score (nSPS) is 14.9. The lowest BCUT2D eigenvalue weighted by atomic mass is 10.1. The predicted molar refractivity (Wildman–Crippen MR) is 107 cm³/mol. The molecule has 154 valence electrons. The smallest absolute Gasteiger partial charge is 0.262 e. The molecule has 0 saturated carbocycles. The minimum Gasteiger partial charge on any atom is -0.484 e. The van der Waals surface area contributed by atoms with Gasteiger partial charge in [-0.1, -0.05) is 12.1 Å². The van der Waals surface area contributed by atoms with E-state index in [9.17, 15) is 18.0 Å². The van der Waals surface area contributed by atoms with E-state index < -0.39 is 15.9 Å². The van der Waals surface area contributed by atoms with Crippen LogP contribution in [0.3, 0.4) is 0 Å². The highest BCUT2D eigenvalue weighted by atomic mass is 32.2. The molecule has 1 aliphatic rings. The van der Waals surface area contributed by atoms with Crippen molar-refractivity contribution in [3.05, 3.63) is 54.1 Å². The van der Waals surface area contributed by atoms with Crippen molar-refractivity contribution in [2.45, 2.75) is 11.8 Å². The van der Waals surface area contributed by atoms with Gasteiger partial charge in [-0.3, -0.25) is 9.59 Å². The van der Waals surface area contributed by atoms with Gasteiger partial charge < -0.3 is 14.8 Å². The first-order chi connectivity index (χ1) is 13.9. The Morgan fingerprint density at radius 2 is 1.72 bits per heavy atom. The average Bonchev–Trinajstić information content (AvgIpc) is 2.73. The second-order valence-electron chi connectivity index (χ2n) is 6.43. The summed E-state index contributed by atoms with van der Waals surface area (Å²) in [4.78, 5) is 23.9. The molecule has 0 atom stereocenters. The molecule has 8 nitrogen and oxygen atoms in total. The van der Waals surface area contributed by atoms with Gasteiger partial charge >= 0.3 is 0 Å². The third-order valence-electron chi connectivity index (χ3n) is 4.38. The van der Waals surface area contributed by atoms with E-state index in [1.54, 1.807) is 24.3 Å². The van der Waals surface area contributed by atoms with Crippen LogP contribution in [0.1, 0.15) is 17.3 Å². The van der Waals surface area contributed by atoms with E-state index in [1.165, 1.54) is 35.5 Å². The Balaban J connectivity index is 1.59. The number of hydrogen-bond donors (Lipinski definition) is 1.